The van der Waals surface area contributed by atoms with E-state index in [1.54, 1.807) is 0 Å². The Morgan fingerprint density at radius 3 is 2.41 bits per heavy atom. The Hall–Kier alpha value is -0.483. The second-order valence-corrected chi connectivity index (χ2v) is 11.2. The van der Waals surface area contributed by atoms with Gasteiger partial charge < -0.3 is 9.22 Å². The molecule has 1 fully saturated rings. The highest BCUT2D eigenvalue weighted by molar-refractivity contribution is 6.74. The maximum absolute atomic E-state index is 11.5. The van der Waals surface area contributed by atoms with E-state index in [1.165, 1.54) is 0 Å². The summed E-state index contributed by atoms with van der Waals surface area (Å²) in [5, 5.41) is 0.172. The van der Waals surface area contributed by atoms with Crippen molar-refractivity contribution in [3.05, 3.63) is 0 Å². The van der Waals surface area contributed by atoms with Crippen molar-refractivity contribution >= 4 is 20.4 Å². The standard InChI is InChI=1S/C13H24O3Si/c1-13(2,3)17(4,5)16-11-6-7-12(15)10(8-11)9-14/h9-11H,6-8H2,1-5H3/t10-,11+/m0/s1. The zero-order valence-corrected chi connectivity index (χ0v) is 12.6. The Balaban J connectivity index is 2.65. The van der Waals surface area contributed by atoms with Crippen molar-refractivity contribution in [3.63, 3.8) is 0 Å². The van der Waals surface area contributed by atoms with Crippen LogP contribution in [0.3, 0.4) is 0 Å². The number of carbonyl (C=O) groups is 2. The molecule has 0 bridgehead atoms. The maximum atomic E-state index is 11.5. The zero-order chi connectivity index (χ0) is 13.3. The molecule has 0 saturated heterocycles. The van der Waals surface area contributed by atoms with Gasteiger partial charge in [0, 0.05) is 12.5 Å². The largest absolute Gasteiger partial charge is 0.414 e. The lowest BCUT2D eigenvalue weighted by molar-refractivity contribution is -0.131. The van der Waals surface area contributed by atoms with Gasteiger partial charge in [0.25, 0.3) is 0 Å². The molecule has 0 aromatic rings. The van der Waals surface area contributed by atoms with Gasteiger partial charge in [0.2, 0.25) is 0 Å². The molecule has 0 aromatic heterocycles. The van der Waals surface area contributed by atoms with Crippen LogP contribution in [0.5, 0.6) is 0 Å². The van der Waals surface area contributed by atoms with Gasteiger partial charge in [-0.25, -0.2) is 0 Å². The van der Waals surface area contributed by atoms with Crippen molar-refractivity contribution in [3.8, 4) is 0 Å². The minimum atomic E-state index is -1.78. The van der Waals surface area contributed by atoms with Crippen LogP contribution in [-0.2, 0) is 14.0 Å². The first kappa shape index (κ1) is 14.6. The van der Waals surface area contributed by atoms with Crippen LogP contribution in [0.15, 0.2) is 0 Å². The highest BCUT2D eigenvalue weighted by atomic mass is 28.4. The quantitative estimate of drug-likeness (QED) is 0.443. The van der Waals surface area contributed by atoms with Gasteiger partial charge >= 0.3 is 0 Å². The van der Waals surface area contributed by atoms with E-state index in [2.05, 4.69) is 33.9 Å². The number of ketones is 1. The molecule has 0 radical (unpaired) electrons. The molecule has 0 aromatic carbocycles. The van der Waals surface area contributed by atoms with Crippen LogP contribution >= 0.6 is 0 Å². The third kappa shape index (κ3) is 3.49. The van der Waals surface area contributed by atoms with Crippen LogP contribution < -0.4 is 0 Å². The van der Waals surface area contributed by atoms with Crippen molar-refractivity contribution in [2.75, 3.05) is 0 Å². The van der Waals surface area contributed by atoms with Crippen LogP contribution in [0.25, 0.3) is 0 Å². The van der Waals surface area contributed by atoms with Crippen LogP contribution in [0, 0.1) is 5.92 Å². The minimum absolute atomic E-state index is 0.0788. The van der Waals surface area contributed by atoms with E-state index in [4.69, 9.17) is 4.43 Å². The highest BCUT2D eigenvalue weighted by Gasteiger charge is 2.41. The maximum Gasteiger partial charge on any atom is 0.192 e. The van der Waals surface area contributed by atoms with Gasteiger partial charge in [-0.1, -0.05) is 20.8 Å². The summed E-state index contributed by atoms with van der Waals surface area (Å²) in [5.74, 6) is -0.353. The molecule has 3 nitrogen and oxygen atoms in total. The number of Topliss-reactive ketones (excluding diaryl/α,β-unsaturated/α-hetero) is 1. The highest BCUT2D eigenvalue weighted by Crippen LogP contribution is 2.39. The summed E-state index contributed by atoms with van der Waals surface area (Å²) in [7, 11) is -1.78. The summed E-state index contributed by atoms with van der Waals surface area (Å²) in [6.07, 6.45) is 2.71. The molecular formula is C13H24O3Si. The van der Waals surface area contributed by atoms with Crippen molar-refractivity contribution in [2.45, 2.75) is 64.3 Å². The predicted octanol–water partition coefficient (Wildman–Crippen LogP) is 2.94. The number of carbonyl (C=O) groups excluding carboxylic acids is 2. The minimum Gasteiger partial charge on any atom is -0.414 e. The van der Waals surface area contributed by atoms with Crippen molar-refractivity contribution in [2.24, 2.45) is 5.92 Å². The third-order valence-corrected chi connectivity index (χ3v) is 8.61. The van der Waals surface area contributed by atoms with Crippen molar-refractivity contribution in [1.29, 1.82) is 0 Å². The fourth-order valence-corrected chi connectivity index (χ4v) is 3.25. The molecule has 0 heterocycles. The average molecular weight is 256 g/mol. The summed E-state index contributed by atoms with van der Waals surface area (Å²) in [6, 6.07) is 0. The normalized spacial score (nSPS) is 27.0. The van der Waals surface area contributed by atoms with Gasteiger partial charge in [0.1, 0.15) is 12.1 Å². The number of rotatable bonds is 3. The van der Waals surface area contributed by atoms with E-state index in [1.807, 2.05) is 0 Å². The lowest BCUT2D eigenvalue weighted by Crippen LogP contribution is -2.46. The molecule has 1 saturated carbocycles. The zero-order valence-electron chi connectivity index (χ0n) is 11.6. The SMILES string of the molecule is CC(C)(C)[Si](C)(C)O[C@@H]1CCC(=O)[C@H](C=O)C1. The van der Waals surface area contributed by atoms with Crippen LogP contribution in [-0.4, -0.2) is 26.5 Å². The second-order valence-electron chi connectivity index (χ2n) is 6.48. The van der Waals surface area contributed by atoms with Gasteiger partial charge in [-0.2, -0.15) is 0 Å². The fraction of sp³-hybridized carbons (Fsp3) is 0.846. The third-order valence-electron chi connectivity index (χ3n) is 4.07. The van der Waals surface area contributed by atoms with Gasteiger partial charge in [0.15, 0.2) is 8.32 Å². The molecular weight excluding hydrogens is 232 g/mol. The molecule has 0 amide bonds. The molecule has 2 atom stereocenters. The van der Waals surface area contributed by atoms with E-state index >= 15 is 0 Å². The van der Waals surface area contributed by atoms with E-state index in [9.17, 15) is 9.59 Å². The molecule has 98 valence electrons. The summed E-state index contributed by atoms with van der Waals surface area (Å²) in [4.78, 5) is 22.3. The van der Waals surface area contributed by atoms with E-state index in [-0.39, 0.29) is 16.9 Å². The lowest BCUT2D eigenvalue weighted by atomic mass is 9.87. The smallest absolute Gasteiger partial charge is 0.192 e. The van der Waals surface area contributed by atoms with Gasteiger partial charge in [-0.3, -0.25) is 4.79 Å². The van der Waals surface area contributed by atoms with Gasteiger partial charge in [-0.15, -0.1) is 0 Å². The summed E-state index contributed by atoms with van der Waals surface area (Å²) in [6.45, 7) is 11.0. The Labute approximate surface area is 105 Å². The van der Waals surface area contributed by atoms with Crippen molar-refractivity contribution in [1.82, 2.24) is 0 Å². The molecule has 0 N–H and O–H groups in total. The molecule has 0 aliphatic heterocycles. The van der Waals surface area contributed by atoms with Crippen molar-refractivity contribution < 1.29 is 14.0 Å². The topological polar surface area (TPSA) is 43.4 Å². The van der Waals surface area contributed by atoms with Gasteiger partial charge in [-0.05, 0) is 31.0 Å². The average Bonchev–Trinajstić information content (AvgIpc) is 2.19. The summed E-state index contributed by atoms with van der Waals surface area (Å²) in [5.41, 5.74) is 0. The van der Waals surface area contributed by atoms with E-state index in [0.29, 0.717) is 12.8 Å². The predicted molar refractivity (Wildman–Crippen MR) is 70.5 cm³/mol. The Morgan fingerprint density at radius 2 is 1.94 bits per heavy atom. The second kappa shape index (κ2) is 5.02. The molecule has 4 heteroatoms. The molecule has 17 heavy (non-hydrogen) atoms. The first-order valence-corrected chi connectivity index (χ1v) is 9.24. The monoisotopic (exact) mass is 256 g/mol. The lowest BCUT2D eigenvalue weighted by Gasteiger charge is -2.40. The Morgan fingerprint density at radius 1 is 1.35 bits per heavy atom. The Kier molecular flexibility index (Phi) is 4.31. The summed E-state index contributed by atoms with van der Waals surface area (Å²) >= 11 is 0. The number of hydrogen-bond donors (Lipinski definition) is 0. The fourth-order valence-electron chi connectivity index (χ4n) is 1.85. The molecule has 1 aliphatic carbocycles. The number of hydrogen-bond acceptors (Lipinski definition) is 3. The van der Waals surface area contributed by atoms with E-state index in [0.717, 1.165) is 12.7 Å². The molecule has 0 unspecified atom stereocenters. The Bertz CT molecular complexity index is 304. The van der Waals surface area contributed by atoms with Crippen LogP contribution in [0.4, 0.5) is 0 Å². The molecule has 1 aliphatic rings. The first-order chi connectivity index (χ1) is 7.67. The van der Waals surface area contributed by atoms with Crippen LogP contribution in [0.1, 0.15) is 40.0 Å². The number of aldehydes is 1. The van der Waals surface area contributed by atoms with Crippen LogP contribution in [0.2, 0.25) is 18.1 Å². The first-order valence-electron chi connectivity index (χ1n) is 6.33. The van der Waals surface area contributed by atoms with Gasteiger partial charge in [0.05, 0.1) is 5.92 Å². The van der Waals surface area contributed by atoms with E-state index < -0.39 is 14.2 Å². The summed E-state index contributed by atoms with van der Waals surface area (Å²) < 4.78 is 6.25. The molecule has 1 rings (SSSR count). The molecule has 0 spiro atoms.